The monoisotopic (exact) mass is 312 g/mol. The molecule has 4 heteroatoms. The summed E-state index contributed by atoms with van der Waals surface area (Å²) in [6.45, 7) is 0.685. The molecule has 2 aromatic rings. The zero-order valence-electron chi connectivity index (χ0n) is 7.93. The molecule has 0 amide bonds. The summed E-state index contributed by atoms with van der Waals surface area (Å²) in [7, 11) is 0. The molecule has 1 aromatic carbocycles. The Hall–Kier alpha value is -1.17. The van der Waals surface area contributed by atoms with Gasteiger partial charge in [-0.1, -0.05) is 12.1 Å². The molecule has 0 aliphatic carbocycles. The van der Waals surface area contributed by atoms with Crippen LogP contribution in [-0.2, 0) is 6.54 Å². The first-order chi connectivity index (χ1) is 7.29. The van der Waals surface area contributed by atoms with Gasteiger partial charge < -0.3 is 4.57 Å². The second-order valence-corrected chi connectivity index (χ2v) is 4.44. The smallest absolute Gasteiger partial charge is 0.168 e. The molecule has 0 spiro atoms. The molecular formula is C11H9IN2O. The van der Waals surface area contributed by atoms with Crippen molar-refractivity contribution >= 4 is 28.9 Å². The molecule has 0 atom stereocenters. The maximum atomic E-state index is 10.7. The van der Waals surface area contributed by atoms with Gasteiger partial charge >= 0.3 is 0 Å². The zero-order chi connectivity index (χ0) is 10.7. The number of halogens is 1. The Morgan fingerprint density at radius 3 is 3.07 bits per heavy atom. The van der Waals surface area contributed by atoms with Crippen molar-refractivity contribution in [3.8, 4) is 0 Å². The van der Waals surface area contributed by atoms with Gasteiger partial charge in [0.25, 0.3) is 0 Å². The average Bonchev–Trinajstić information content (AvgIpc) is 2.65. The maximum Gasteiger partial charge on any atom is 0.168 e. The molecule has 0 aliphatic rings. The summed E-state index contributed by atoms with van der Waals surface area (Å²) < 4.78 is 3.02. The zero-order valence-corrected chi connectivity index (χ0v) is 10.1. The molecule has 0 saturated carbocycles. The van der Waals surface area contributed by atoms with Gasteiger partial charge in [0, 0.05) is 10.1 Å². The van der Waals surface area contributed by atoms with Gasteiger partial charge in [-0.25, -0.2) is 4.98 Å². The lowest BCUT2D eigenvalue weighted by Gasteiger charge is -2.04. The standard InChI is InChI=1S/C11H9IN2O/c12-10-3-1-2-9(4-10)6-14-8-13-5-11(14)7-15/h1-5,7-8H,6H2. The second kappa shape index (κ2) is 4.57. The number of nitrogens with zero attached hydrogens (tertiary/aromatic N) is 2. The topological polar surface area (TPSA) is 34.9 Å². The largest absolute Gasteiger partial charge is 0.324 e. The van der Waals surface area contributed by atoms with E-state index in [1.54, 1.807) is 12.5 Å². The van der Waals surface area contributed by atoms with Gasteiger partial charge in [-0.15, -0.1) is 0 Å². The van der Waals surface area contributed by atoms with Crippen LogP contribution in [0.3, 0.4) is 0 Å². The van der Waals surface area contributed by atoms with Crippen molar-refractivity contribution in [2.45, 2.75) is 6.54 Å². The van der Waals surface area contributed by atoms with E-state index in [1.165, 1.54) is 9.13 Å². The lowest BCUT2D eigenvalue weighted by molar-refractivity contribution is 0.111. The van der Waals surface area contributed by atoms with E-state index in [0.29, 0.717) is 12.2 Å². The number of imidazole rings is 1. The molecule has 1 aromatic heterocycles. The van der Waals surface area contributed by atoms with Crippen LogP contribution in [0.4, 0.5) is 0 Å². The number of benzene rings is 1. The van der Waals surface area contributed by atoms with Crippen molar-refractivity contribution in [1.82, 2.24) is 9.55 Å². The highest BCUT2D eigenvalue weighted by Gasteiger charge is 2.01. The van der Waals surface area contributed by atoms with E-state index in [-0.39, 0.29) is 0 Å². The molecule has 2 rings (SSSR count). The molecule has 0 aliphatic heterocycles. The van der Waals surface area contributed by atoms with Crippen molar-refractivity contribution in [3.63, 3.8) is 0 Å². The molecule has 0 bridgehead atoms. The number of carbonyl (C=O) groups is 1. The van der Waals surface area contributed by atoms with Crippen molar-refractivity contribution in [2.75, 3.05) is 0 Å². The molecule has 0 N–H and O–H groups in total. The first-order valence-electron chi connectivity index (χ1n) is 4.49. The lowest BCUT2D eigenvalue weighted by atomic mass is 10.2. The summed E-state index contributed by atoms with van der Waals surface area (Å²) in [5, 5.41) is 0. The van der Waals surface area contributed by atoms with Crippen molar-refractivity contribution in [1.29, 1.82) is 0 Å². The lowest BCUT2D eigenvalue weighted by Crippen LogP contribution is -2.02. The molecule has 76 valence electrons. The quantitative estimate of drug-likeness (QED) is 0.644. The van der Waals surface area contributed by atoms with Gasteiger partial charge in [0.15, 0.2) is 6.29 Å². The minimum atomic E-state index is 0.605. The van der Waals surface area contributed by atoms with Crippen molar-refractivity contribution in [3.05, 3.63) is 51.6 Å². The van der Waals surface area contributed by atoms with E-state index in [9.17, 15) is 4.79 Å². The Morgan fingerprint density at radius 2 is 2.33 bits per heavy atom. The predicted octanol–water partition coefficient (Wildman–Crippen LogP) is 2.35. The third kappa shape index (κ3) is 2.44. The summed E-state index contributed by atoms with van der Waals surface area (Å²) >= 11 is 2.27. The summed E-state index contributed by atoms with van der Waals surface area (Å²) in [4.78, 5) is 14.6. The number of hydrogen-bond donors (Lipinski definition) is 0. The summed E-state index contributed by atoms with van der Waals surface area (Å²) in [6.07, 6.45) is 4.06. The SMILES string of the molecule is O=Cc1cncn1Cc1cccc(I)c1. The maximum absolute atomic E-state index is 10.7. The second-order valence-electron chi connectivity index (χ2n) is 3.19. The fourth-order valence-electron chi connectivity index (χ4n) is 1.39. The van der Waals surface area contributed by atoms with Gasteiger partial charge in [0.2, 0.25) is 0 Å². The Kier molecular flexibility index (Phi) is 3.15. The molecular weight excluding hydrogens is 303 g/mol. The highest BCUT2D eigenvalue weighted by molar-refractivity contribution is 14.1. The summed E-state index contributed by atoms with van der Waals surface area (Å²) in [6, 6.07) is 8.18. The van der Waals surface area contributed by atoms with Gasteiger partial charge in [0.05, 0.1) is 12.5 Å². The van der Waals surface area contributed by atoms with Gasteiger partial charge in [-0.05, 0) is 40.3 Å². The third-order valence-corrected chi connectivity index (χ3v) is 2.78. The molecule has 1 heterocycles. The molecule has 0 saturated heterocycles. The van der Waals surface area contributed by atoms with Crippen LogP contribution in [-0.4, -0.2) is 15.8 Å². The minimum Gasteiger partial charge on any atom is -0.324 e. The molecule has 0 fully saturated rings. The van der Waals surface area contributed by atoms with Crippen LogP contribution in [0.1, 0.15) is 16.1 Å². The van der Waals surface area contributed by atoms with Crippen LogP contribution in [0.15, 0.2) is 36.8 Å². The van der Waals surface area contributed by atoms with Crippen molar-refractivity contribution < 1.29 is 4.79 Å². The highest BCUT2D eigenvalue weighted by atomic mass is 127. The van der Waals surface area contributed by atoms with Crippen LogP contribution >= 0.6 is 22.6 Å². The predicted molar refractivity (Wildman–Crippen MR) is 65.9 cm³/mol. The van der Waals surface area contributed by atoms with E-state index < -0.39 is 0 Å². The van der Waals surface area contributed by atoms with E-state index >= 15 is 0 Å². The third-order valence-electron chi connectivity index (χ3n) is 2.11. The van der Waals surface area contributed by atoms with Crippen LogP contribution in [0, 0.1) is 3.57 Å². The van der Waals surface area contributed by atoms with E-state index in [0.717, 1.165) is 6.29 Å². The van der Waals surface area contributed by atoms with Gasteiger partial charge in [0.1, 0.15) is 5.69 Å². The van der Waals surface area contributed by atoms with Gasteiger partial charge in [-0.3, -0.25) is 4.79 Å². The van der Waals surface area contributed by atoms with Gasteiger partial charge in [-0.2, -0.15) is 0 Å². The Morgan fingerprint density at radius 1 is 1.47 bits per heavy atom. The highest BCUT2D eigenvalue weighted by Crippen LogP contribution is 2.10. The molecule has 15 heavy (non-hydrogen) atoms. The fraction of sp³-hybridized carbons (Fsp3) is 0.0909. The summed E-state index contributed by atoms with van der Waals surface area (Å²) in [5.41, 5.74) is 1.77. The Bertz CT molecular complexity index is 479. The molecule has 0 radical (unpaired) electrons. The first kappa shape index (κ1) is 10.4. The Balaban J connectivity index is 2.25. The van der Waals surface area contributed by atoms with E-state index in [4.69, 9.17) is 0 Å². The van der Waals surface area contributed by atoms with Crippen molar-refractivity contribution in [2.24, 2.45) is 0 Å². The minimum absolute atomic E-state index is 0.605. The van der Waals surface area contributed by atoms with E-state index in [2.05, 4.69) is 33.6 Å². The first-order valence-corrected chi connectivity index (χ1v) is 5.57. The van der Waals surface area contributed by atoms with Crippen LogP contribution in [0.5, 0.6) is 0 Å². The Labute approximate surface area is 101 Å². The number of rotatable bonds is 3. The number of aromatic nitrogens is 2. The average molecular weight is 312 g/mol. The number of hydrogen-bond acceptors (Lipinski definition) is 2. The number of carbonyl (C=O) groups excluding carboxylic acids is 1. The van der Waals surface area contributed by atoms with Crippen LogP contribution in [0.25, 0.3) is 0 Å². The van der Waals surface area contributed by atoms with E-state index in [1.807, 2.05) is 22.8 Å². The normalized spacial score (nSPS) is 10.2. The summed E-state index contributed by atoms with van der Waals surface area (Å²) in [5.74, 6) is 0. The van der Waals surface area contributed by atoms with Crippen LogP contribution < -0.4 is 0 Å². The fourth-order valence-corrected chi connectivity index (χ4v) is 2.00. The number of aldehydes is 1. The van der Waals surface area contributed by atoms with Crippen LogP contribution in [0.2, 0.25) is 0 Å². The molecule has 3 nitrogen and oxygen atoms in total. The molecule has 0 unspecified atom stereocenters.